The molecule has 0 unspecified atom stereocenters. The van der Waals surface area contributed by atoms with Crippen LogP contribution >= 0.6 is 23.2 Å². The van der Waals surface area contributed by atoms with Gasteiger partial charge in [0.1, 0.15) is 0 Å². The summed E-state index contributed by atoms with van der Waals surface area (Å²) in [5.74, 6) is 0. The van der Waals surface area contributed by atoms with Crippen LogP contribution in [0.2, 0.25) is 10.0 Å². The monoisotopic (exact) mass is 259 g/mol. The van der Waals surface area contributed by atoms with Crippen LogP contribution in [0.4, 0.5) is 18.9 Å². The molecule has 0 aromatic heterocycles. The summed E-state index contributed by atoms with van der Waals surface area (Å²) in [6.07, 6.45) is -4.00. The van der Waals surface area contributed by atoms with E-state index in [1.807, 2.05) is 6.92 Å². The fourth-order valence-electron chi connectivity index (χ4n) is 0.711. The van der Waals surface area contributed by atoms with Gasteiger partial charge < -0.3 is 5.73 Å². The second-order valence-electron chi connectivity index (χ2n) is 2.92. The molecule has 15 heavy (non-hydrogen) atoms. The molecule has 0 fully saturated rings. The Morgan fingerprint density at radius 3 is 1.67 bits per heavy atom. The SMILES string of the molecule is CC(F)(F)F.Cc1cc(Cl)c(N)c(Cl)c1. The minimum Gasteiger partial charge on any atom is -0.396 e. The first kappa shape index (κ1) is 14.4. The summed E-state index contributed by atoms with van der Waals surface area (Å²) in [5, 5.41) is 1.04. The van der Waals surface area contributed by atoms with Crippen molar-refractivity contribution < 1.29 is 13.2 Å². The number of benzene rings is 1. The van der Waals surface area contributed by atoms with Gasteiger partial charge in [-0.2, -0.15) is 13.2 Å². The lowest BCUT2D eigenvalue weighted by Gasteiger charge is -2.01. The fourth-order valence-corrected chi connectivity index (χ4v) is 1.31. The molecular weight excluding hydrogens is 250 g/mol. The van der Waals surface area contributed by atoms with Gasteiger partial charge in [-0.1, -0.05) is 23.2 Å². The van der Waals surface area contributed by atoms with Gasteiger partial charge in [-0.25, -0.2) is 0 Å². The Morgan fingerprint density at radius 1 is 1.13 bits per heavy atom. The van der Waals surface area contributed by atoms with Gasteiger partial charge in [0.25, 0.3) is 0 Å². The van der Waals surface area contributed by atoms with Crippen molar-refractivity contribution in [3.8, 4) is 0 Å². The quantitative estimate of drug-likeness (QED) is 0.685. The van der Waals surface area contributed by atoms with Crippen LogP contribution in [-0.4, -0.2) is 6.18 Å². The zero-order valence-electron chi connectivity index (χ0n) is 8.12. The summed E-state index contributed by atoms with van der Waals surface area (Å²) in [7, 11) is 0. The standard InChI is InChI=1S/C7H7Cl2N.C2H3F3/c1-4-2-5(8)7(10)6(9)3-4;1-2(3,4)5/h2-3H,10H2,1H3;1H3. The Hall–Kier alpha value is -0.610. The molecule has 0 aliphatic carbocycles. The molecule has 1 aromatic carbocycles. The number of halogens is 5. The maximum absolute atomic E-state index is 10.4. The number of aryl methyl sites for hydroxylation is 1. The van der Waals surface area contributed by atoms with Gasteiger partial charge in [0, 0.05) is 6.92 Å². The molecule has 0 atom stereocenters. The number of nitrogens with two attached hydrogens (primary N) is 1. The van der Waals surface area contributed by atoms with Gasteiger partial charge in [0.15, 0.2) is 0 Å². The van der Waals surface area contributed by atoms with Crippen molar-refractivity contribution in [3.05, 3.63) is 27.7 Å². The maximum atomic E-state index is 10.4. The molecule has 1 nitrogen and oxygen atoms in total. The Kier molecular flexibility index (Phi) is 5.24. The molecule has 0 heterocycles. The van der Waals surface area contributed by atoms with Crippen LogP contribution in [0.1, 0.15) is 12.5 Å². The molecular formula is C9H10Cl2F3N. The predicted octanol–water partition coefficient (Wildman–Crippen LogP) is 4.45. The lowest BCUT2D eigenvalue weighted by Crippen LogP contribution is -1.95. The first-order chi connectivity index (χ1) is 6.61. The van der Waals surface area contributed by atoms with Crippen LogP contribution in [0.5, 0.6) is 0 Å². The van der Waals surface area contributed by atoms with Gasteiger partial charge in [0.05, 0.1) is 15.7 Å². The molecule has 0 saturated heterocycles. The van der Waals surface area contributed by atoms with E-state index in [1.54, 1.807) is 12.1 Å². The largest absolute Gasteiger partial charge is 0.396 e. The summed E-state index contributed by atoms with van der Waals surface area (Å²) in [6, 6.07) is 3.56. The number of rotatable bonds is 0. The van der Waals surface area contributed by atoms with Crippen LogP contribution in [-0.2, 0) is 0 Å². The van der Waals surface area contributed by atoms with Gasteiger partial charge in [0.2, 0.25) is 0 Å². The van der Waals surface area contributed by atoms with Gasteiger partial charge >= 0.3 is 6.18 Å². The third-order valence-electron chi connectivity index (χ3n) is 1.22. The van der Waals surface area contributed by atoms with Crippen molar-refractivity contribution in [1.82, 2.24) is 0 Å². The molecule has 0 saturated carbocycles. The number of alkyl halides is 3. The molecule has 1 aromatic rings. The lowest BCUT2D eigenvalue weighted by atomic mass is 10.2. The minimum atomic E-state index is -4.00. The van der Waals surface area contributed by atoms with Crippen LogP contribution in [0, 0.1) is 6.92 Å². The average molecular weight is 260 g/mol. The molecule has 86 valence electrons. The van der Waals surface area contributed by atoms with Crippen molar-refractivity contribution in [2.75, 3.05) is 5.73 Å². The van der Waals surface area contributed by atoms with E-state index in [9.17, 15) is 13.2 Å². The number of nitrogen functional groups attached to an aromatic ring is 1. The highest BCUT2D eigenvalue weighted by Gasteiger charge is 2.15. The Bertz CT molecular complexity index is 308. The van der Waals surface area contributed by atoms with Crippen molar-refractivity contribution in [2.45, 2.75) is 20.0 Å². The molecule has 2 N–H and O–H groups in total. The Morgan fingerprint density at radius 2 is 1.40 bits per heavy atom. The first-order valence-corrected chi connectivity index (χ1v) is 4.64. The second-order valence-corrected chi connectivity index (χ2v) is 3.74. The fraction of sp³-hybridized carbons (Fsp3) is 0.333. The topological polar surface area (TPSA) is 26.0 Å². The number of hydrogen-bond donors (Lipinski definition) is 1. The highest BCUT2D eigenvalue weighted by Crippen LogP contribution is 2.28. The van der Waals surface area contributed by atoms with E-state index >= 15 is 0 Å². The van der Waals surface area contributed by atoms with Crippen molar-refractivity contribution in [1.29, 1.82) is 0 Å². The van der Waals surface area contributed by atoms with Crippen LogP contribution in [0.15, 0.2) is 12.1 Å². The lowest BCUT2D eigenvalue weighted by molar-refractivity contribution is -0.110. The van der Waals surface area contributed by atoms with Gasteiger partial charge in [-0.3, -0.25) is 0 Å². The van der Waals surface area contributed by atoms with E-state index in [-0.39, 0.29) is 6.92 Å². The summed E-state index contributed by atoms with van der Waals surface area (Å²) in [5.41, 5.74) is 6.96. The van der Waals surface area contributed by atoms with Gasteiger partial charge in [-0.15, -0.1) is 0 Å². The maximum Gasteiger partial charge on any atom is 0.386 e. The summed E-state index contributed by atoms with van der Waals surface area (Å²) >= 11 is 11.4. The zero-order valence-corrected chi connectivity index (χ0v) is 9.63. The minimum absolute atomic E-state index is 0.188. The summed E-state index contributed by atoms with van der Waals surface area (Å²) in [4.78, 5) is 0. The summed E-state index contributed by atoms with van der Waals surface area (Å²) < 4.78 is 31.1. The molecule has 0 bridgehead atoms. The van der Waals surface area contributed by atoms with E-state index in [0.717, 1.165) is 5.56 Å². The first-order valence-electron chi connectivity index (χ1n) is 3.89. The molecule has 6 heteroatoms. The molecule has 0 aliphatic heterocycles. The molecule has 0 radical (unpaired) electrons. The van der Waals surface area contributed by atoms with Crippen LogP contribution in [0.3, 0.4) is 0 Å². The average Bonchev–Trinajstić information content (AvgIpc) is 1.96. The number of hydrogen-bond acceptors (Lipinski definition) is 1. The van der Waals surface area contributed by atoms with E-state index in [0.29, 0.717) is 15.7 Å². The Balaban J connectivity index is 0.000000336. The molecule has 0 aliphatic rings. The highest BCUT2D eigenvalue weighted by molar-refractivity contribution is 6.38. The molecule has 0 spiro atoms. The van der Waals surface area contributed by atoms with Crippen molar-refractivity contribution in [2.24, 2.45) is 0 Å². The van der Waals surface area contributed by atoms with Crippen LogP contribution < -0.4 is 5.73 Å². The second kappa shape index (κ2) is 5.47. The Labute approximate surface area is 96.0 Å². The van der Waals surface area contributed by atoms with E-state index < -0.39 is 6.18 Å². The number of anilines is 1. The van der Waals surface area contributed by atoms with E-state index in [4.69, 9.17) is 28.9 Å². The third-order valence-corrected chi connectivity index (χ3v) is 1.85. The van der Waals surface area contributed by atoms with E-state index in [2.05, 4.69) is 0 Å². The van der Waals surface area contributed by atoms with E-state index in [1.165, 1.54) is 0 Å². The summed E-state index contributed by atoms with van der Waals surface area (Å²) in [6.45, 7) is 2.10. The highest BCUT2D eigenvalue weighted by atomic mass is 35.5. The smallest absolute Gasteiger partial charge is 0.386 e. The molecule has 1 rings (SSSR count). The van der Waals surface area contributed by atoms with Crippen molar-refractivity contribution >= 4 is 28.9 Å². The predicted molar refractivity (Wildman–Crippen MR) is 57.3 cm³/mol. The third kappa shape index (κ3) is 7.33. The normalized spacial score (nSPS) is 10.6. The molecule has 0 amide bonds. The van der Waals surface area contributed by atoms with Crippen molar-refractivity contribution in [3.63, 3.8) is 0 Å². The van der Waals surface area contributed by atoms with Gasteiger partial charge in [-0.05, 0) is 24.6 Å². The zero-order chi connectivity index (χ0) is 12.2. The van der Waals surface area contributed by atoms with Crippen LogP contribution in [0.25, 0.3) is 0 Å².